The number of methoxy groups -OCH3 is 1. The topological polar surface area (TPSA) is 98.1 Å². The monoisotopic (exact) mass is 386 g/mol. The Morgan fingerprint density at radius 3 is 2.43 bits per heavy atom. The Morgan fingerprint density at radius 1 is 1.18 bits per heavy atom. The van der Waals surface area contributed by atoms with Crippen molar-refractivity contribution in [3.8, 4) is 5.75 Å². The van der Waals surface area contributed by atoms with Crippen LogP contribution in [0, 0.1) is 16.0 Å². The summed E-state index contributed by atoms with van der Waals surface area (Å²) >= 11 is 0. The van der Waals surface area contributed by atoms with Gasteiger partial charge < -0.3 is 15.4 Å². The van der Waals surface area contributed by atoms with E-state index in [2.05, 4.69) is 36.6 Å². The molecule has 0 spiro atoms. The lowest BCUT2D eigenvalue weighted by atomic mass is 9.96. The number of nitrogens with two attached hydrogens (primary N) is 1. The Morgan fingerprint density at radius 2 is 1.86 bits per heavy atom. The van der Waals surface area contributed by atoms with Crippen molar-refractivity contribution in [3.05, 3.63) is 64.2 Å². The molecule has 0 aliphatic carbocycles. The summed E-state index contributed by atoms with van der Waals surface area (Å²) in [5.74, 6) is 0.569. The van der Waals surface area contributed by atoms with Crippen LogP contribution in [0.3, 0.4) is 0 Å². The Balaban J connectivity index is 2.11. The van der Waals surface area contributed by atoms with Crippen molar-refractivity contribution in [1.29, 1.82) is 0 Å². The van der Waals surface area contributed by atoms with Gasteiger partial charge in [-0.15, -0.1) is 0 Å². The highest BCUT2D eigenvalue weighted by Gasteiger charge is 2.25. The molecule has 2 rings (SSSR count). The number of anilines is 1. The van der Waals surface area contributed by atoms with Gasteiger partial charge in [0.15, 0.2) is 6.04 Å². The number of quaternary nitrogens is 1. The number of nitro benzene ring substituents is 1. The molecule has 0 bridgehead atoms. The molecule has 2 aromatic carbocycles. The zero-order valence-corrected chi connectivity index (χ0v) is 16.7. The second-order valence-corrected chi connectivity index (χ2v) is 7.26. The van der Waals surface area contributed by atoms with E-state index in [0.29, 0.717) is 11.6 Å². The minimum Gasteiger partial charge on any atom is -0.494 e. The quantitative estimate of drug-likeness (QED) is 0.510. The van der Waals surface area contributed by atoms with Gasteiger partial charge >= 0.3 is 0 Å². The van der Waals surface area contributed by atoms with Crippen LogP contribution in [0.5, 0.6) is 5.75 Å². The number of carbonyl (C=O) groups excluding carboxylic acids is 1. The second-order valence-electron chi connectivity index (χ2n) is 7.26. The van der Waals surface area contributed by atoms with E-state index in [1.54, 1.807) is 0 Å². The van der Waals surface area contributed by atoms with E-state index in [-0.39, 0.29) is 29.4 Å². The Bertz CT molecular complexity index is 809. The molecule has 0 heterocycles. The van der Waals surface area contributed by atoms with Gasteiger partial charge in [0.1, 0.15) is 11.8 Å². The lowest BCUT2D eigenvalue weighted by Crippen LogP contribution is -2.92. The van der Waals surface area contributed by atoms with Gasteiger partial charge in [-0.1, -0.05) is 44.2 Å². The van der Waals surface area contributed by atoms with Crippen molar-refractivity contribution in [2.45, 2.75) is 39.3 Å². The normalized spacial score (nSPS) is 13.0. The summed E-state index contributed by atoms with van der Waals surface area (Å²) in [6.45, 7) is 6.18. The molecule has 0 unspecified atom stereocenters. The summed E-state index contributed by atoms with van der Waals surface area (Å²) in [7, 11) is 1.42. The third-order valence-electron chi connectivity index (χ3n) is 4.54. The molecule has 0 radical (unpaired) electrons. The minimum absolute atomic E-state index is 0.0875. The Hall–Kier alpha value is -2.93. The van der Waals surface area contributed by atoms with Crippen LogP contribution in [-0.2, 0) is 4.79 Å². The first kappa shape index (κ1) is 21.4. The van der Waals surface area contributed by atoms with Crippen molar-refractivity contribution in [2.75, 3.05) is 12.4 Å². The van der Waals surface area contributed by atoms with Crippen molar-refractivity contribution < 1.29 is 19.8 Å². The van der Waals surface area contributed by atoms with Crippen LogP contribution in [0.2, 0.25) is 0 Å². The van der Waals surface area contributed by atoms with Crippen LogP contribution in [0.1, 0.15) is 38.8 Å². The van der Waals surface area contributed by atoms with Crippen molar-refractivity contribution in [3.63, 3.8) is 0 Å². The smallest absolute Gasteiger partial charge is 0.282 e. The van der Waals surface area contributed by atoms with Gasteiger partial charge in [-0.05, 0) is 18.9 Å². The molecule has 0 saturated carbocycles. The third kappa shape index (κ3) is 5.79. The number of nitro groups is 1. The summed E-state index contributed by atoms with van der Waals surface area (Å²) in [6.07, 6.45) is 0.947. The van der Waals surface area contributed by atoms with Gasteiger partial charge in [0, 0.05) is 18.1 Å². The molecule has 150 valence electrons. The largest absolute Gasteiger partial charge is 0.494 e. The van der Waals surface area contributed by atoms with E-state index >= 15 is 0 Å². The van der Waals surface area contributed by atoms with E-state index in [1.165, 1.54) is 30.9 Å². The molecular weight excluding hydrogens is 358 g/mol. The van der Waals surface area contributed by atoms with E-state index in [0.717, 1.165) is 6.42 Å². The minimum atomic E-state index is -0.499. The van der Waals surface area contributed by atoms with Crippen molar-refractivity contribution >= 4 is 17.3 Å². The van der Waals surface area contributed by atoms with Gasteiger partial charge in [0.25, 0.3) is 11.6 Å². The van der Waals surface area contributed by atoms with E-state index in [4.69, 9.17) is 4.74 Å². The summed E-state index contributed by atoms with van der Waals surface area (Å²) in [5, 5.41) is 15.8. The molecule has 2 aromatic rings. The number of hydrogen-bond donors (Lipinski definition) is 2. The molecule has 0 fully saturated rings. The molecule has 7 heteroatoms. The fourth-order valence-electron chi connectivity index (χ4n) is 3.11. The number of carbonyl (C=O) groups is 1. The summed E-state index contributed by atoms with van der Waals surface area (Å²) < 4.78 is 5.19. The molecule has 3 N–H and O–H groups in total. The maximum absolute atomic E-state index is 12.7. The Kier molecular flexibility index (Phi) is 7.52. The average molecular weight is 386 g/mol. The third-order valence-corrected chi connectivity index (χ3v) is 4.54. The number of ether oxygens (including phenoxy) is 1. The van der Waals surface area contributed by atoms with Gasteiger partial charge in [-0.2, -0.15) is 0 Å². The predicted molar refractivity (Wildman–Crippen MR) is 108 cm³/mol. The van der Waals surface area contributed by atoms with Gasteiger partial charge in [-0.3, -0.25) is 14.9 Å². The lowest BCUT2D eigenvalue weighted by Gasteiger charge is -2.22. The number of nitrogens with one attached hydrogen (secondary N) is 1. The number of rotatable bonds is 9. The number of nitrogens with zero attached hydrogens (tertiary/aromatic N) is 1. The summed E-state index contributed by atoms with van der Waals surface area (Å²) in [5.41, 5.74) is 1.51. The second kappa shape index (κ2) is 9.85. The molecule has 28 heavy (non-hydrogen) atoms. The lowest BCUT2D eigenvalue weighted by molar-refractivity contribution is -0.714. The highest BCUT2D eigenvalue weighted by Crippen LogP contribution is 2.29. The van der Waals surface area contributed by atoms with Crippen LogP contribution in [0.15, 0.2) is 48.5 Å². The van der Waals surface area contributed by atoms with E-state index in [9.17, 15) is 14.9 Å². The maximum atomic E-state index is 12.7. The van der Waals surface area contributed by atoms with Crippen molar-refractivity contribution in [1.82, 2.24) is 0 Å². The van der Waals surface area contributed by atoms with Crippen LogP contribution < -0.4 is 15.4 Å². The first-order valence-electron chi connectivity index (χ1n) is 9.35. The first-order chi connectivity index (χ1) is 13.3. The Labute approximate surface area is 165 Å². The number of hydrogen-bond acceptors (Lipinski definition) is 4. The number of amides is 1. The van der Waals surface area contributed by atoms with Crippen molar-refractivity contribution in [2.24, 2.45) is 5.92 Å². The molecule has 0 aromatic heterocycles. The number of non-ortho nitro benzene ring substituents is 1. The standard InChI is InChI=1S/C21H27N3O4/c1-14(2)12-19(16-8-6-5-7-9-16)22-15(3)21(25)23-18-11-10-17(24(26)27)13-20(18)28-4/h5-11,13-15,19,22H,12H2,1-4H3,(H,23,25)/p+1/t15-,19-/m0/s1. The molecule has 2 atom stereocenters. The van der Waals surface area contributed by atoms with Crippen LogP contribution >= 0.6 is 0 Å². The van der Waals surface area contributed by atoms with Crippen LogP contribution in [0.4, 0.5) is 11.4 Å². The van der Waals surface area contributed by atoms with Gasteiger partial charge in [-0.25, -0.2) is 0 Å². The van der Waals surface area contributed by atoms with Gasteiger partial charge in [0.2, 0.25) is 0 Å². The fraction of sp³-hybridized carbons (Fsp3) is 0.381. The molecule has 0 aliphatic rings. The SMILES string of the molecule is COc1cc([N+](=O)[O-])ccc1NC(=O)[C@H](C)[NH2+][C@@H](CC(C)C)c1ccccc1. The molecular formula is C21H28N3O4+. The maximum Gasteiger partial charge on any atom is 0.282 e. The average Bonchev–Trinajstić information content (AvgIpc) is 2.67. The summed E-state index contributed by atoms with van der Waals surface area (Å²) in [4.78, 5) is 23.1. The fourth-order valence-corrected chi connectivity index (χ4v) is 3.11. The highest BCUT2D eigenvalue weighted by molar-refractivity contribution is 5.95. The predicted octanol–water partition coefficient (Wildman–Crippen LogP) is 3.28. The summed E-state index contributed by atoms with van der Waals surface area (Å²) in [6, 6.07) is 14.1. The van der Waals surface area contributed by atoms with Crippen LogP contribution in [0.25, 0.3) is 0 Å². The zero-order chi connectivity index (χ0) is 20.7. The molecule has 7 nitrogen and oxygen atoms in total. The van der Waals surface area contributed by atoms with E-state index < -0.39 is 4.92 Å². The molecule has 1 amide bonds. The highest BCUT2D eigenvalue weighted by atomic mass is 16.6. The van der Waals surface area contributed by atoms with Gasteiger partial charge in [0.05, 0.1) is 23.8 Å². The molecule has 0 saturated heterocycles. The van der Waals surface area contributed by atoms with E-state index in [1.807, 2.05) is 25.1 Å². The first-order valence-corrected chi connectivity index (χ1v) is 9.35. The molecule has 0 aliphatic heterocycles. The number of benzene rings is 2. The zero-order valence-electron chi connectivity index (χ0n) is 16.7. The van der Waals surface area contributed by atoms with Crippen LogP contribution in [-0.4, -0.2) is 24.0 Å².